The average molecular weight is 208 g/mol. The maximum absolute atomic E-state index is 5.89. The number of aromatic nitrogens is 2. The Morgan fingerprint density at radius 1 is 1.67 bits per heavy atom. The Kier molecular flexibility index (Phi) is 3.07. The van der Waals surface area contributed by atoms with Gasteiger partial charge in [-0.25, -0.2) is 4.98 Å². The molecular weight excluding hydrogens is 188 g/mol. The molecule has 2 heterocycles. The van der Waals surface area contributed by atoms with Crippen LogP contribution < -0.4 is 5.73 Å². The molecule has 0 amide bonds. The number of hydrogen-bond donors (Lipinski definition) is 1. The van der Waals surface area contributed by atoms with E-state index in [9.17, 15) is 0 Å². The van der Waals surface area contributed by atoms with Gasteiger partial charge < -0.3 is 10.3 Å². The zero-order valence-corrected chi connectivity index (χ0v) is 9.56. The SMILES string of the molecule is CC1CCCN1C(CN)c1cncn1C. The van der Waals surface area contributed by atoms with Crippen LogP contribution in [0.2, 0.25) is 0 Å². The minimum Gasteiger partial charge on any atom is -0.336 e. The van der Waals surface area contributed by atoms with Crippen molar-refractivity contribution in [3.05, 3.63) is 18.2 Å². The number of rotatable bonds is 3. The molecule has 1 aliphatic rings. The van der Waals surface area contributed by atoms with Gasteiger partial charge in [0.25, 0.3) is 0 Å². The number of imidazole rings is 1. The van der Waals surface area contributed by atoms with Gasteiger partial charge >= 0.3 is 0 Å². The molecule has 2 N–H and O–H groups in total. The third-order valence-electron chi connectivity index (χ3n) is 3.42. The van der Waals surface area contributed by atoms with E-state index >= 15 is 0 Å². The second-order valence-corrected chi connectivity index (χ2v) is 4.41. The van der Waals surface area contributed by atoms with Crippen LogP contribution in [-0.4, -0.2) is 33.6 Å². The van der Waals surface area contributed by atoms with Crippen molar-refractivity contribution in [1.29, 1.82) is 0 Å². The standard InChI is InChI=1S/C11H20N4/c1-9-4-3-5-15(9)10(6-12)11-7-13-8-14(11)2/h7-10H,3-6,12H2,1-2H3. The summed E-state index contributed by atoms with van der Waals surface area (Å²) >= 11 is 0. The fourth-order valence-electron chi connectivity index (χ4n) is 2.53. The molecule has 0 aromatic carbocycles. The molecule has 1 aromatic heterocycles. The van der Waals surface area contributed by atoms with Crippen LogP contribution >= 0.6 is 0 Å². The first kappa shape index (κ1) is 10.6. The molecule has 0 bridgehead atoms. The van der Waals surface area contributed by atoms with E-state index in [0.717, 1.165) is 6.54 Å². The summed E-state index contributed by atoms with van der Waals surface area (Å²) in [5.41, 5.74) is 7.12. The van der Waals surface area contributed by atoms with Gasteiger partial charge in [-0.3, -0.25) is 4.90 Å². The molecule has 2 atom stereocenters. The zero-order valence-electron chi connectivity index (χ0n) is 9.56. The summed E-state index contributed by atoms with van der Waals surface area (Å²) in [5, 5.41) is 0. The lowest BCUT2D eigenvalue weighted by atomic mass is 10.1. The number of nitrogens with zero attached hydrogens (tertiary/aromatic N) is 3. The smallest absolute Gasteiger partial charge is 0.0946 e. The van der Waals surface area contributed by atoms with Crippen LogP contribution in [0.3, 0.4) is 0 Å². The highest BCUT2D eigenvalue weighted by molar-refractivity contribution is 5.07. The Morgan fingerprint density at radius 2 is 2.47 bits per heavy atom. The first-order chi connectivity index (χ1) is 7.24. The lowest BCUT2D eigenvalue weighted by Gasteiger charge is -2.30. The maximum atomic E-state index is 5.89. The Balaban J connectivity index is 2.20. The maximum Gasteiger partial charge on any atom is 0.0946 e. The average Bonchev–Trinajstić information content (AvgIpc) is 2.80. The normalized spacial score (nSPS) is 24.6. The molecule has 0 aliphatic carbocycles. The van der Waals surface area contributed by atoms with Gasteiger partial charge in [0.2, 0.25) is 0 Å². The van der Waals surface area contributed by atoms with E-state index in [1.807, 2.05) is 19.6 Å². The van der Waals surface area contributed by atoms with Gasteiger partial charge in [-0.1, -0.05) is 0 Å². The Labute approximate surface area is 91.1 Å². The first-order valence-corrected chi connectivity index (χ1v) is 5.66. The fourth-order valence-corrected chi connectivity index (χ4v) is 2.53. The van der Waals surface area contributed by atoms with Gasteiger partial charge in [0.15, 0.2) is 0 Å². The van der Waals surface area contributed by atoms with Crippen molar-refractivity contribution in [3.63, 3.8) is 0 Å². The van der Waals surface area contributed by atoms with E-state index in [-0.39, 0.29) is 0 Å². The van der Waals surface area contributed by atoms with Gasteiger partial charge in [0, 0.05) is 25.8 Å². The van der Waals surface area contributed by atoms with E-state index in [1.54, 1.807) is 0 Å². The molecule has 4 nitrogen and oxygen atoms in total. The molecule has 1 saturated heterocycles. The second-order valence-electron chi connectivity index (χ2n) is 4.41. The molecule has 84 valence electrons. The van der Waals surface area contributed by atoms with Gasteiger partial charge in [0.05, 0.1) is 18.1 Å². The predicted octanol–water partition coefficient (Wildman–Crippen LogP) is 0.904. The number of likely N-dealkylation sites (tertiary alicyclic amines) is 1. The number of nitrogens with two attached hydrogens (primary N) is 1. The van der Waals surface area contributed by atoms with Crippen molar-refractivity contribution in [1.82, 2.24) is 14.5 Å². The zero-order chi connectivity index (χ0) is 10.8. The van der Waals surface area contributed by atoms with Crippen LogP contribution in [0.5, 0.6) is 0 Å². The van der Waals surface area contributed by atoms with Crippen molar-refractivity contribution < 1.29 is 0 Å². The number of hydrogen-bond acceptors (Lipinski definition) is 3. The summed E-state index contributed by atoms with van der Waals surface area (Å²) in [6.45, 7) is 4.12. The molecular formula is C11H20N4. The molecule has 0 radical (unpaired) electrons. The lowest BCUT2D eigenvalue weighted by molar-refractivity contribution is 0.189. The Hall–Kier alpha value is -0.870. The summed E-state index contributed by atoms with van der Waals surface area (Å²) < 4.78 is 2.07. The molecule has 1 fully saturated rings. The molecule has 15 heavy (non-hydrogen) atoms. The third kappa shape index (κ3) is 1.92. The Morgan fingerprint density at radius 3 is 2.93 bits per heavy atom. The van der Waals surface area contributed by atoms with Crippen LogP contribution in [0.4, 0.5) is 0 Å². The van der Waals surface area contributed by atoms with Crippen molar-refractivity contribution >= 4 is 0 Å². The van der Waals surface area contributed by atoms with Gasteiger partial charge in [0.1, 0.15) is 0 Å². The van der Waals surface area contributed by atoms with E-state index in [0.29, 0.717) is 18.6 Å². The van der Waals surface area contributed by atoms with E-state index in [4.69, 9.17) is 5.73 Å². The molecule has 2 unspecified atom stereocenters. The van der Waals surface area contributed by atoms with Crippen LogP contribution in [0.1, 0.15) is 31.5 Å². The molecule has 1 aromatic rings. The van der Waals surface area contributed by atoms with Gasteiger partial charge in [-0.05, 0) is 26.3 Å². The van der Waals surface area contributed by atoms with E-state index in [1.165, 1.54) is 18.5 Å². The minimum absolute atomic E-state index is 0.329. The van der Waals surface area contributed by atoms with Crippen molar-refractivity contribution in [2.24, 2.45) is 12.8 Å². The molecule has 0 spiro atoms. The molecule has 1 aliphatic heterocycles. The van der Waals surface area contributed by atoms with Crippen molar-refractivity contribution in [2.75, 3.05) is 13.1 Å². The Bertz CT molecular complexity index is 320. The molecule has 0 saturated carbocycles. The van der Waals surface area contributed by atoms with Crippen LogP contribution in [0.15, 0.2) is 12.5 Å². The van der Waals surface area contributed by atoms with E-state index in [2.05, 4.69) is 21.4 Å². The predicted molar refractivity (Wildman–Crippen MR) is 60.4 cm³/mol. The summed E-state index contributed by atoms with van der Waals surface area (Å²) in [6.07, 6.45) is 6.35. The highest BCUT2D eigenvalue weighted by Crippen LogP contribution is 2.27. The number of aryl methyl sites for hydroxylation is 1. The first-order valence-electron chi connectivity index (χ1n) is 5.66. The fraction of sp³-hybridized carbons (Fsp3) is 0.727. The second kappa shape index (κ2) is 4.33. The van der Waals surface area contributed by atoms with Crippen molar-refractivity contribution in [2.45, 2.75) is 31.8 Å². The van der Waals surface area contributed by atoms with Crippen LogP contribution in [0, 0.1) is 0 Å². The summed E-state index contributed by atoms with van der Waals surface area (Å²) in [6, 6.07) is 0.975. The third-order valence-corrected chi connectivity index (χ3v) is 3.42. The van der Waals surface area contributed by atoms with Gasteiger partial charge in [-0.2, -0.15) is 0 Å². The lowest BCUT2D eigenvalue weighted by Crippen LogP contribution is -2.36. The molecule has 2 rings (SSSR count). The van der Waals surface area contributed by atoms with Gasteiger partial charge in [-0.15, -0.1) is 0 Å². The summed E-state index contributed by atoms with van der Waals surface area (Å²) in [7, 11) is 2.03. The monoisotopic (exact) mass is 208 g/mol. The minimum atomic E-state index is 0.329. The van der Waals surface area contributed by atoms with Crippen LogP contribution in [-0.2, 0) is 7.05 Å². The topological polar surface area (TPSA) is 47.1 Å². The highest BCUT2D eigenvalue weighted by Gasteiger charge is 2.29. The highest BCUT2D eigenvalue weighted by atomic mass is 15.2. The van der Waals surface area contributed by atoms with Crippen molar-refractivity contribution in [3.8, 4) is 0 Å². The summed E-state index contributed by atoms with van der Waals surface area (Å²) in [5.74, 6) is 0. The van der Waals surface area contributed by atoms with Crippen LogP contribution in [0.25, 0.3) is 0 Å². The quantitative estimate of drug-likeness (QED) is 0.803. The van der Waals surface area contributed by atoms with E-state index < -0.39 is 0 Å². The largest absolute Gasteiger partial charge is 0.336 e. The summed E-state index contributed by atoms with van der Waals surface area (Å²) in [4.78, 5) is 6.66. The molecule has 4 heteroatoms.